The number of aromatic hydroxyl groups is 1. The Labute approximate surface area is 166 Å². The maximum atomic E-state index is 13.2. The molecule has 5 nitrogen and oxygen atoms in total. The lowest BCUT2D eigenvalue weighted by molar-refractivity contribution is 0.0718. The quantitative estimate of drug-likeness (QED) is 0.616. The van der Waals surface area contributed by atoms with Crippen LogP contribution in [0.2, 0.25) is 10.0 Å². The van der Waals surface area contributed by atoms with Crippen molar-refractivity contribution < 1.29 is 19.1 Å². The Balaban J connectivity index is 1.93. The number of methoxy groups -OCH3 is 1. The molecule has 1 N–H and O–H groups in total. The van der Waals surface area contributed by atoms with Crippen molar-refractivity contribution in [3.63, 3.8) is 0 Å². The third kappa shape index (κ3) is 4.38. The molecule has 2 aromatic carbocycles. The van der Waals surface area contributed by atoms with Gasteiger partial charge in [0.15, 0.2) is 11.5 Å². The Kier molecular flexibility index (Phi) is 5.94. The molecular formula is C20H17Cl2NO4. The number of carbonyl (C=O) groups is 1. The first kappa shape index (κ1) is 19.1. The minimum atomic E-state index is -0.336. The van der Waals surface area contributed by atoms with Gasteiger partial charge in [0.05, 0.1) is 35.5 Å². The van der Waals surface area contributed by atoms with Gasteiger partial charge < -0.3 is 19.2 Å². The van der Waals surface area contributed by atoms with Crippen LogP contribution in [0.5, 0.6) is 11.5 Å². The molecule has 0 saturated carbocycles. The van der Waals surface area contributed by atoms with E-state index >= 15 is 0 Å². The predicted octanol–water partition coefficient (Wildman–Crippen LogP) is 5.14. The molecule has 0 aliphatic carbocycles. The first-order valence-electron chi connectivity index (χ1n) is 8.11. The van der Waals surface area contributed by atoms with Crippen LogP contribution in [0.1, 0.15) is 21.7 Å². The molecule has 0 spiro atoms. The van der Waals surface area contributed by atoms with Crippen LogP contribution in [0.15, 0.2) is 59.2 Å². The van der Waals surface area contributed by atoms with Gasteiger partial charge in [-0.15, -0.1) is 0 Å². The summed E-state index contributed by atoms with van der Waals surface area (Å²) in [5.74, 6) is 0.634. The normalized spacial score (nSPS) is 10.6. The fourth-order valence-corrected chi connectivity index (χ4v) is 3.26. The summed E-state index contributed by atoms with van der Waals surface area (Å²) in [6.45, 7) is 0.443. The molecule has 0 fully saturated rings. The van der Waals surface area contributed by atoms with E-state index < -0.39 is 0 Å². The maximum Gasteiger partial charge on any atom is 0.257 e. The van der Waals surface area contributed by atoms with Gasteiger partial charge in [-0.3, -0.25) is 4.79 Å². The second-order valence-corrected chi connectivity index (χ2v) is 6.66. The minimum absolute atomic E-state index is 0.00354. The molecule has 1 heterocycles. The van der Waals surface area contributed by atoms with Crippen molar-refractivity contribution in [1.29, 1.82) is 0 Å². The van der Waals surface area contributed by atoms with Crippen LogP contribution in [-0.2, 0) is 13.1 Å². The minimum Gasteiger partial charge on any atom is -0.504 e. The first-order chi connectivity index (χ1) is 13.0. The monoisotopic (exact) mass is 405 g/mol. The second-order valence-electron chi connectivity index (χ2n) is 5.84. The number of nitrogens with zero attached hydrogens (tertiary/aromatic N) is 1. The summed E-state index contributed by atoms with van der Waals surface area (Å²) in [6, 6.07) is 13.4. The highest BCUT2D eigenvalue weighted by molar-refractivity contribution is 6.39. The van der Waals surface area contributed by atoms with Gasteiger partial charge in [0.2, 0.25) is 0 Å². The number of rotatable bonds is 6. The number of phenols is 1. The molecule has 0 atom stereocenters. The summed E-state index contributed by atoms with van der Waals surface area (Å²) in [6.07, 6.45) is 1.54. The van der Waals surface area contributed by atoms with Crippen LogP contribution >= 0.6 is 23.2 Å². The van der Waals surface area contributed by atoms with E-state index in [2.05, 4.69) is 0 Å². The molecule has 0 bridgehead atoms. The summed E-state index contributed by atoms with van der Waals surface area (Å²) in [5, 5.41) is 10.6. The largest absolute Gasteiger partial charge is 0.504 e. The van der Waals surface area contributed by atoms with Gasteiger partial charge in [0, 0.05) is 6.54 Å². The van der Waals surface area contributed by atoms with Gasteiger partial charge in [-0.2, -0.15) is 0 Å². The molecule has 0 aliphatic heterocycles. The number of hydrogen-bond acceptors (Lipinski definition) is 4. The SMILES string of the molecule is COc1ccc(CN(Cc2ccco2)C(=O)c2c(Cl)cccc2Cl)cc1O. The summed E-state index contributed by atoms with van der Waals surface area (Å²) < 4.78 is 10.4. The molecule has 3 rings (SSSR count). The number of furan rings is 1. The van der Waals surface area contributed by atoms with E-state index in [-0.39, 0.29) is 40.4 Å². The number of ether oxygens (including phenoxy) is 1. The van der Waals surface area contributed by atoms with Gasteiger partial charge >= 0.3 is 0 Å². The van der Waals surface area contributed by atoms with Crippen LogP contribution in [-0.4, -0.2) is 23.0 Å². The summed E-state index contributed by atoms with van der Waals surface area (Å²) in [5.41, 5.74) is 0.946. The van der Waals surface area contributed by atoms with Crippen molar-refractivity contribution in [2.24, 2.45) is 0 Å². The Morgan fingerprint density at radius 3 is 2.44 bits per heavy atom. The molecular weight excluding hydrogens is 389 g/mol. The number of hydrogen-bond donors (Lipinski definition) is 1. The Hall–Kier alpha value is -2.63. The van der Waals surface area contributed by atoms with E-state index in [1.54, 1.807) is 59.7 Å². The number of phenolic OH excluding ortho intramolecular Hbond substituents is 1. The average Bonchev–Trinajstić information content (AvgIpc) is 3.14. The van der Waals surface area contributed by atoms with E-state index in [0.29, 0.717) is 11.5 Å². The van der Waals surface area contributed by atoms with Gasteiger partial charge in [-0.1, -0.05) is 35.3 Å². The van der Waals surface area contributed by atoms with Crippen LogP contribution in [0.3, 0.4) is 0 Å². The van der Waals surface area contributed by atoms with Crippen molar-refractivity contribution in [3.05, 3.63) is 81.7 Å². The van der Waals surface area contributed by atoms with E-state index in [0.717, 1.165) is 5.56 Å². The fraction of sp³-hybridized carbons (Fsp3) is 0.150. The summed E-state index contributed by atoms with van der Waals surface area (Å²) in [7, 11) is 1.47. The Morgan fingerprint density at radius 1 is 1.11 bits per heavy atom. The first-order valence-corrected chi connectivity index (χ1v) is 8.86. The molecule has 7 heteroatoms. The van der Waals surface area contributed by atoms with E-state index in [9.17, 15) is 9.90 Å². The predicted molar refractivity (Wildman–Crippen MR) is 103 cm³/mol. The number of carbonyl (C=O) groups excluding carboxylic acids is 1. The van der Waals surface area contributed by atoms with Crippen molar-refractivity contribution >= 4 is 29.1 Å². The molecule has 27 heavy (non-hydrogen) atoms. The maximum absolute atomic E-state index is 13.2. The van der Waals surface area contributed by atoms with E-state index in [1.165, 1.54) is 7.11 Å². The summed E-state index contributed by atoms with van der Waals surface area (Å²) >= 11 is 12.4. The van der Waals surface area contributed by atoms with Crippen LogP contribution in [0, 0.1) is 0 Å². The van der Waals surface area contributed by atoms with Crippen LogP contribution in [0.4, 0.5) is 0 Å². The van der Waals surface area contributed by atoms with Crippen molar-refractivity contribution in [1.82, 2.24) is 4.90 Å². The highest BCUT2D eigenvalue weighted by Gasteiger charge is 2.23. The Morgan fingerprint density at radius 2 is 1.85 bits per heavy atom. The number of amides is 1. The third-order valence-electron chi connectivity index (χ3n) is 4.01. The van der Waals surface area contributed by atoms with Crippen LogP contribution in [0.25, 0.3) is 0 Å². The van der Waals surface area contributed by atoms with Gasteiger partial charge in [0.25, 0.3) is 5.91 Å². The lowest BCUT2D eigenvalue weighted by Crippen LogP contribution is -2.30. The van der Waals surface area contributed by atoms with Crippen molar-refractivity contribution in [3.8, 4) is 11.5 Å². The summed E-state index contributed by atoms with van der Waals surface area (Å²) in [4.78, 5) is 14.7. The molecule has 0 saturated heterocycles. The lowest BCUT2D eigenvalue weighted by Gasteiger charge is -2.23. The standard InChI is InChI=1S/C20H17Cl2NO4/c1-26-18-8-7-13(10-17(18)24)11-23(12-14-4-3-9-27-14)20(25)19-15(21)5-2-6-16(19)22/h2-10,24H,11-12H2,1H3. The molecule has 1 aromatic heterocycles. The smallest absolute Gasteiger partial charge is 0.257 e. The van der Waals surface area contributed by atoms with Gasteiger partial charge in [-0.05, 0) is 42.0 Å². The second kappa shape index (κ2) is 8.37. The van der Waals surface area contributed by atoms with Crippen LogP contribution < -0.4 is 4.74 Å². The third-order valence-corrected chi connectivity index (χ3v) is 4.64. The van der Waals surface area contributed by atoms with E-state index in [1.807, 2.05) is 0 Å². The topological polar surface area (TPSA) is 62.9 Å². The highest BCUT2D eigenvalue weighted by atomic mass is 35.5. The zero-order chi connectivity index (χ0) is 19.4. The number of benzene rings is 2. The fourth-order valence-electron chi connectivity index (χ4n) is 2.70. The van der Waals surface area contributed by atoms with E-state index in [4.69, 9.17) is 32.4 Å². The number of halogens is 2. The molecule has 1 amide bonds. The van der Waals surface area contributed by atoms with Gasteiger partial charge in [0.1, 0.15) is 5.76 Å². The molecule has 3 aromatic rings. The zero-order valence-corrected chi connectivity index (χ0v) is 16.0. The zero-order valence-electron chi connectivity index (χ0n) is 14.5. The molecule has 0 radical (unpaired) electrons. The van der Waals surface area contributed by atoms with Crippen molar-refractivity contribution in [2.45, 2.75) is 13.1 Å². The molecule has 0 unspecified atom stereocenters. The Bertz CT molecular complexity index is 921. The average molecular weight is 406 g/mol. The lowest BCUT2D eigenvalue weighted by atomic mass is 10.1. The highest BCUT2D eigenvalue weighted by Crippen LogP contribution is 2.29. The molecule has 140 valence electrons. The van der Waals surface area contributed by atoms with Gasteiger partial charge in [-0.25, -0.2) is 0 Å². The molecule has 0 aliphatic rings. The van der Waals surface area contributed by atoms with Crippen molar-refractivity contribution in [2.75, 3.05) is 7.11 Å².